The van der Waals surface area contributed by atoms with E-state index in [1.54, 1.807) is 15.6 Å². The van der Waals surface area contributed by atoms with Gasteiger partial charge >= 0.3 is 0 Å². The number of aryl methyl sites for hydroxylation is 2. The van der Waals surface area contributed by atoms with Gasteiger partial charge < -0.3 is 5.32 Å². The molecule has 0 unspecified atom stereocenters. The lowest BCUT2D eigenvalue weighted by atomic mass is 10.1. The number of nitrogens with zero attached hydrogens (tertiary/aromatic N) is 8. The number of rotatable bonds is 3. The van der Waals surface area contributed by atoms with Crippen LogP contribution in [0.2, 0.25) is 0 Å². The van der Waals surface area contributed by atoms with Gasteiger partial charge in [0, 0.05) is 32.1 Å². The molecule has 9 nitrogen and oxygen atoms in total. The first-order valence-electron chi connectivity index (χ1n) is 8.07. The van der Waals surface area contributed by atoms with E-state index in [9.17, 15) is 0 Å². The van der Waals surface area contributed by atoms with Crippen molar-refractivity contribution in [3.05, 3.63) is 49.1 Å². The zero-order chi connectivity index (χ0) is 17.7. The molecule has 0 spiro atoms. The van der Waals surface area contributed by atoms with Crippen LogP contribution in [-0.4, -0.2) is 39.4 Å². The van der Waals surface area contributed by atoms with Crippen molar-refractivity contribution in [2.75, 3.05) is 5.32 Å². The van der Waals surface area contributed by atoms with Crippen LogP contribution in [0.3, 0.4) is 0 Å². The summed E-state index contributed by atoms with van der Waals surface area (Å²) < 4.78 is 5.30. The summed E-state index contributed by atoms with van der Waals surface area (Å²) in [5.41, 5.74) is 5.75. The van der Waals surface area contributed by atoms with Gasteiger partial charge in [-0.2, -0.15) is 5.10 Å². The highest BCUT2D eigenvalue weighted by Gasteiger charge is 2.10. The monoisotopic (exact) mass is 345 g/mol. The lowest BCUT2D eigenvalue weighted by molar-refractivity contribution is 0.736. The Bertz CT molecular complexity index is 1240. The minimum Gasteiger partial charge on any atom is -0.320 e. The summed E-state index contributed by atoms with van der Waals surface area (Å²) in [7, 11) is 3.75. The van der Waals surface area contributed by atoms with E-state index in [1.807, 2.05) is 55.4 Å². The fourth-order valence-electron chi connectivity index (χ4n) is 3.01. The zero-order valence-electron chi connectivity index (χ0n) is 14.2. The predicted octanol–water partition coefficient (Wildman–Crippen LogP) is 2.16. The maximum atomic E-state index is 4.52. The maximum Gasteiger partial charge on any atom is 0.245 e. The Kier molecular flexibility index (Phi) is 3.02. The highest BCUT2D eigenvalue weighted by molar-refractivity contribution is 5.87. The van der Waals surface area contributed by atoms with Crippen molar-refractivity contribution >= 4 is 28.2 Å². The Labute approximate surface area is 147 Å². The number of hydrogen-bond donors (Lipinski definition) is 1. The molecule has 0 radical (unpaired) electrons. The van der Waals surface area contributed by atoms with Gasteiger partial charge in [-0.3, -0.25) is 4.68 Å². The summed E-state index contributed by atoms with van der Waals surface area (Å²) in [6, 6.07) is 8.11. The van der Waals surface area contributed by atoms with Crippen molar-refractivity contribution in [1.29, 1.82) is 0 Å². The van der Waals surface area contributed by atoms with E-state index in [0.29, 0.717) is 5.95 Å². The molecule has 5 rings (SSSR count). The molecule has 0 aliphatic rings. The van der Waals surface area contributed by atoms with Crippen LogP contribution in [0.5, 0.6) is 0 Å². The van der Waals surface area contributed by atoms with Gasteiger partial charge in [0.1, 0.15) is 5.52 Å². The highest BCUT2D eigenvalue weighted by Crippen LogP contribution is 2.28. The third kappa shape index (κ3) is 2.29. The Balaban J connectivity index is 1.55. The highest BCUT2D eigenvalue weighted by atomic mass is 15.4. The molecule has 5 aromatic rings. The van der Waals surface area contributed by atoms with Crippen LogP contribution in [0.25, 0.3) is 27.7 Å². The third-order valence-corrected chi connectivity index (χ3v) is 4.30. The molecule has 0 amide bonds. The number of aromatic nitrogens is 8. The molecular weight excluding hydrogens is 330 g/mol. The van der Waals surface area contributed by atoms with Gasteiger partial charge in [0.2, 0.25) is 5.95 Å². The summed E-state index contributed by atoms with van der Waals surface area (Å²) in [6.45, 7) is 0. The van der Waals surface area contributed by atoms with Crippen LogP contribution in [0.4, 0.5) is 11.6 Å². The van der Waals surface area contributed by atoms with Crippen LogP contribution in [-0.2, 0) is 14.1 Å². The molecular formula is C17H15N9. The summed E-state index contributed by atoms with van der Waals surface area (Å²) in [5.74, 6) is 0.513. The molecule has 26 heavy (non-hydrogen) atoms. The Morgan fingerprint density at radius 1 is 1.04 bits per heavy atom. The van der Waals surface area contributed by atoms with Gasteiger partial charge in [0.05, 0.1) is 29.1 Å². The van der Waals surface area contributed by atoms with E-state index in [2.05, 4.69) is 36.9 Å². The van der Waals surface area contributed by atoms with Gasteiger partial charge in [-0.25, -0.2) is 14.2 Å². The molecule has 0 fully saturated rings. The zero-order valence-corrected chi connectivity index (χ0v) is 14.2. The van der Waals surface area contributed by atoms with E-state index in [1.165, 1.54) is 0 Å². The molecule has 0 bridgehead atoms. The number of nitrogens with one attached hydrogen (secondary N) is 1. The molecule has 4 aromatic heterocycles. The number of fused-ring (bicyclic) bond motifs is 2. The number of hydrogen-bond acceptors (Lipinski definition) is 6. The number of anilines is 2. The normalized spacial score (nSPS) is 11.5. The second-order valence-electron chi connectivity index (χ2n) is 6.09. The van der Waals surface area contributed by atoms with Crippen molar-refractivity contribution in [3.63, 3.8) is 0 Å². The molecule has 0 atom stereocenters. The smallest absolute Gasteiger partial charge is 0.245 e. The van der Waals surface area contributed by atoms with Crippen molar-refractivity contribution in [3.8, 4) is 11.1 Å². The molecule has 0 aliphatic carbocycles. The molecule has 128 valence electrons. The second kappa shape index (κ2) is 5.38. The molecule has 0 aliphatic heterocycles. The molecule has 1 aromatic carbocycles. The van der Waals surface area contributed by atoms with E-state index in [4.69, 9.17) is 0 Å². The maximum absolute atomic E-state index is 4.52. The number of benzene rings is 1. The lowest BCUT2D eigenvalue weighted by Gasteiger charge is -2.04. The Morgan fingerprint density at radius 3 is 2.81 bits per heavy atom. The standard InChI is InChI=1S/C17H15N9/c1-24-10-12(8-19-24)20-17-18-9-16-13(5-6-26(16)22-17)11-3-4-14-15(7-11)25(2)23-21-14/h3-10H,1-2H3,(H,20,22). The summed E-state index contributed by atoms with van der Waals surface area (Å²) in [5, 5.41) is 20.0. The summed E-state index contributed by atoms with van der Waals surface area (Å²) in [6.07, 6.45) is 7.33. The van der Waals surface area contributed by atoms with E-state index in [0.717, 1.165) is 33.4 Å². The average molecular weight is 345 g/mol. The minimum atomic E-state index is 0.513. The van der Waals surface area contributed by atoms with Crippen LogP contribution >= 0.6 is 0 Å². The first kappa shape index (κ1) is 14.6. The quantitative estimate of drug-likeness (QED) is 0.539. The van der Waals surface area contributed by atoms with E-state index >= 15 is 0 Å². The summed E-state index contributed by atoms with van der Waals surface area (Å²) in [4.78, 5) is 4.43. The fraction of sp³-hybridized carbons (Fsp3) is 0.118. The molecule has 0 saturated carbocycles. The molecule has 9 heteroatoms. The van der Waals surface area contributed by atoms with Crippen molar-refractivity contribution in [2.45, 2.75) is 0 Å². The van der Waals surface area contributed by atoms with Crippen LogP contribution < -0.4 is 5.32 Å². The molecule has 0 saturated heterocycles. The summed E-state index contributed by atoms with van der Waals surface area (Å²) >= 11 is 0. The van der Waals surface area contributed by atoms with Crippen molar-refractivity contribution in [2.24, 2.45) is 14.1 Å². The van der Waals surface area contributed by atoms with Crippen LogP contribution in [0.1, 0.15) is 0 Å². The topological polar surface area (TPSA) is 90.8 Å². The third-order valence-electron chi connectivity index (χ3n) is 4.30. The van der Waals surface area contributed by atoms with Crippen molar-refractivity contribution in [1.82, 2.24) is 39.4 Å². The Morgan fingerprint density at radius 2 is 1.96 bits per heavy atom. The first-order chi connectivity index (χ1) is 12.7. The second-order valence-corrected chi connectivity index (χ2v) is 6.09. The van der Waals surface area contributed by atoms with Crippen molar-refractivity contribution < 1.29 is 0 Å². The van der Waals surface area contributed by atoms with Gasteiger partial charge in [-0.1, -0.05) is 11.3 Å². The van der Waals surface area contributed by atoms with Crippen LogP contribution in [0, 0.1) is 0 Å². The van der Waals surface area contributed by atoms with Gasteiger partial charge in [0.15, 0.2) is 0 Å². The van der Waals surface area contributed by atoms with Gasteiger partial charge in [-0.05, 0) is 23.8 Å². The minimum absolute atomic E-state index is 0.513. The molecule has 4 heterocycles. The van der Waals surface area contributed by atoms with Gasteiger partial charge in [0.25, 0.3) is 0 Å². The molecule has 1 N–H and O–H groups in total. The predicted molar refractivity (Wildman–Crippen MR) is 97.0 cm³/mol. The largest absolute Gasteiger partial charge is 0.320 e. The lowest BCUT2D eigenvalue weighted by Crippen LogP contribution is -2.00. The Hall–Kier alpha value is -3.75. The van der Waals surface area contributed by atoms with E-state index < -0.39 is 0 Å². The average Bonchev–Trinajstić information content (AvgIpc) is 3.34. The van der Waals surface area contributed by atoms with Crippen LogP contribution in [0.15, 0.2) is 49.1 Å². The first-order valence-corrected chi connectivity index (χ1v) is 8.07. The van der Waals surface area contributed by atoms with E-state index in [-0.39, 0.29) is 0 Å². The SMILES string of the molecule is Cn1cc(Nc2ncc3c(-c4ccc5nnn(C)c5c4)ccn3n2)cn1. The van der Waals surface area contributed by atoms with Gasteiger partial charge in [-0.15, -0.1) is 10.2 Å². The fourth-order valence-corrected chi connectivity index (χ4v) is 3.01.